The molecule has 3 rings (SSSR count). The van der Waals surface area contributed by atoms with Crippen molar-refractivity contribution < 1.29 is 14.3 Å². The largest absolute Gasteiger partial charge is 0.454 e. The number of carbonyl (C=O) groups excluding carboxylic acids is 1. The Morgan fingerprint density at radius 3 is 2.82 bits per heavy atom. The summed E-state index contributed by atoms with van der Waals surface area (Å²) in [6.45, 7) is 0.749. The van der Waals surface area contributed by atoms with Gasteiger partial charge in [-0.1, -0.05) is 29.8 Å². The van der Waals surface area contributed by atoms with Gasteiger partial charge >= 0.3 is 0 Å². The Morgan fingerprint density at radius 2 is 1.95 bits per heavy atom. The summed E-state index contributed by atoms with van der Waals surface area (Å²) in [4.78, 5) is 11.9. The van der Waals surface area contributed by atoms with Crippen molar-refractivity contribution in [2.24, 2.45) is 0 Å². The zero-order valence-corrected chi connectivity index (χ0v) is 12.7. The molecule has 2 aromatic carbocycles. The molecule has 0 spiro atoms. The normalized spacial score (nSPS) is 12.2. The fourth-order valence-corrected chi connectivity index (χ4v) is 2.50. The fourth-order valence-electron chi connectivity index (χ4n) is 2.29. The van der Waals surface area contributed by atoms with Crippen LogP contribution >= 0.6 is 11.6 Å². The third-order valence-electron chi connectivity index (χ3n) is 3.46. The summed E-state index contributed by atoms with van der Waals surface area (Å²) in [6, 6.07) is 13.2. The summed E-state index contributed by atoms with van der Waals surface area (Å²) < 4.78 is 10.6. The number of halogens is 1. The molecule has 0 saturated carbocycles. The number of fused-ring (bicyclic) bond motifs is 1. The highest BCUT2D eigenvalue weighted by Crippen LogP contribution is 2.32. The van der Waals surface area contributed by atoms with Crippen LogP contribution in [0.25, 0.3) is 0 Å². The van der Waals surface area contributed by atoms with E-state index in [2.05, 4.69) is 5.32 Å². The SMILES string of the molecule is O=C(CCc1ccc2c(c1)OCO2)NCc1cccc(Cl)c1. The number of nitrogens with one attached hydrogen (secondary N) is 1. The topological polar surface area (TPSA) is 47.6 Å². The summed E-state index contributed by atoms with van der Waals surface area (Å²) in [7, 11) is 0. The number of benzene rings is 2. The van der Waals surface area contributed by atoms with E-state index >= 15 is 0 Å². The van der Waals surface area contributed by atoms with Gasteiger partial charge in [0.15, 0.2) is 11.5 Å². The fraction of sp³-hybridized carbons (Fsp3) is 0.235. The van der Waals surface area contributed by atoms with Crippen LogP contribution in [-0.2, 0) is 17.8 Å². The van der Waals surface area contributed by atoms with E-state index < -0.39 is 0 Å². The van der Waals surface area contributed by atoms with Crippen molar-refractivity contribution in [2.75, 3.05) is 6.79 Å². The molecule has 0 radical (unpaired) electrons. The molecule has 0 saturated heterocycles. The van der Waals surface area contributed by atoms with Gasteiger partial charge in [-0.05, 0) is 41.8 Å². The van der Waals surface area contributed by atoms with Crippen LogP contribution in [0.4, 0.5) is 0 Å². The van der Waals surface area contributed by atoms with Crippen LogP contribution in [-0.4, -0.2) is 12.7 Å². The maximum Gasteiger partial charge on any atom is 0.231 e. The van der Waals surface area contributed by atoms with E-state index in [0.29, 0.717) is 24.4 Å². The number of carbonyl (C=O) groups is 1. The van der Waals surface area contributed by atoms with Gasteiger partial charge in [-0.25, -0.2) is 0 Å². The van der Waals surface area contributed by atoms with E-state index in [1.165, 1.54) is 0 Å². The zero-order chi connectivity index (χ0) is 15.4. The smallest absolute Gasteiger partial charge is 0.231 e. The monoisotopic (exact) mass is 317 g/mol. The van der Waals surface area contributed by atoms with Gasteiger partial charge in [0.1, 0.15) is 0 Å². The van der Waals surface area contributed by atoms with Crippen LogP contribution in [0.3, 0.4) is 0 Å². The summed E-state index contributed by atoms with van der Waals surface area (Å²) in [5.74, 6) is 1.52. The summed E-state index contributed by atoms with van der Waals surface area (Å²) >= 11 is 5.91. The van der Waals surface area contributed by atoms with Crippen LogP contribution in [0.15, 0.2) is 42.5 Å². The van der Waals surface area contributed by atoms with Gasteiger partial charge in [0, 0.05) is 18.0 Å². The predicted molar refractivity (Wildman–Crippen MR) is 84.2 cm³/mol. The molecule has 1 amide bonds. The average molecular weight is 318 g/mol. The van der Waals surface area contributed by atoms with Gasteiger partial charge in [-0.15, -0.1) is 0 Å². The second-order valence-electron chi connectivity index (χ2n) is 5.09. The van der Waals surface area contributed by atoms with Crippen molar-refractivity contribution in [3.8, 4) is 11.5 Å². The number of ether oxygens (including phenoxy) is 2. The highest BCUT2D eigenvalue weighted by Gasteiger charge is 2.13. The van der Waals surface area contributed by atoms with Crippen molar-refractivity contribution in [1.82, 2.24) is 5.32 Å². The van der Waals surface area contributed by atoms with Gasteiger partial charge in [0.2, 0.25) is 12.7 Å². The number of aryl methyl sites for hydroxylation is 1. The van der Waals surface area contributed by atoms with Gasteiger partial charge < -0.3 is 14.8 Å². The standard InChI is InChI=1S/C17H16ClNO3/c18-14-3-1-2-13(8-14)10-19-17(20)7-5-12-4-6-15-16(9-12)22-11-21-15/h1-4,6,8-9H,5,7,10-11H2,(H,19,20). The summed E-state index contributed by atoms with van der Waals surface area (Å²) in [5.41, 5.74) is 2.05. The maximum absolute atomic E-state index is 11.9. The van der Waals surface area contributed by atoms with E-state index in [1.807, 2.05) is 42.5 Å². The van der Waals surface area contributed by atoms with Crippen molar-refractivity contribution in [2.45, 2.75) is 19.4 Å². The molecule has 0 fully saturated rings. The van der Waals surface area contributed by atoms with Crippen LogP contribution in [0.1, 0.15) is 17.5 Å². The minimum atomic E-state index is 0.0117. The number of hydrogen-bond donors (Lipinski definition) is 1. The Bertz CT molecular complexity index is 687. The molecule has 1 heterocycles. The zero-order valence-electron chi connectivity index (χ0n) is 12.0. The summed E-state index contributed by atoms with van der Waals surface area (Å²) in [5, 5.41) is 3.57. The van der Waals surface area contributed by atoms with E-state index in [9.17, 15) is 4.79 Å². The molecule has 0 aliphatic carbocycles. The second-order valence-corrected chi connectivity index (χ2v) is 5.53. The Balaban J connectivity index is 1.48. The minimum Gasteiger partial charge on any atom is -0.454 e. The molecule has 1 aliphatic heterocycles. The Morgan fingerprint density at radius 1 is 1.09 bits per heavy atom. The lowest BCUT2D eigenvalue weighted by Crippen LogP contribution is -2.22. The van der Waals surface area contributed by atoms with E-state index in [-0.39, 0.29) is 12.7 Å². The molecule has 1 aliphatic rings. The van der Waals surface area contributed by atoms with Crippen molar-refractivity contribution >= 4 is 17.5 Å². The van der Waals surface area contributed by atoms with Crippen molar-refractivity contribution in [3.05, 3.63) is 58.6 Å². The Labute approximate surface area is 134 Å². The first-order chi connectivity index (χ1) is 10.7. The van der Waals surface area contributed by atoms with Crippen LogP contribution in [0.5, 0.6) is 11.5 Å². The third-order valence-corrected chi connectivity index (χ3v) is 3.69. The van der Waals surface area contributed by atoms with Gasteiger partial charge in [0.05, 0.1) is 0 Å². The molecule has 5 heteroatoms. The molecule has 2 aromatic rings. The van der Waals surface area contributed by atoms with Crippen LogP contribution in [0.2, 0.25) is 5.02 Å². The van der Waals surface area contributed by atoms with Crippen LogP contribution in [0, 0.1) is 0 Å². The van der Waals surface area contributed by atoms with E-state index in [4.69, 9.17) is 21.1 Å². The lowest BCUT2D eigenvalue weighted by Gasteiger charge is -2.06. The molecule has 0 aromatic heterocycles. The highest BCUT2D eigenvalue weighted by atomic mass is 35.5. The number of hydrogen-bond acceptors (Lipinski definition) is 3. The Kier molecular flexibility index (Phi) is 4.49. The van der Waals surface area contributed by atoms with Gasteiger partial charge in [-0.3, -0.25) is 4.79 Å². The quantitative estimate of drug-likeness (QED) is 0.920. The predicted octanol–water partition coefficient (Wildman–Crippen LogP) is 3.32. The second kappa shape index (κ2) is 6.71. The molecule has 22 heavy (non-hydrogen) atoms. The number of amides is 1. The maximum atomic E-state index is 11.9. The first-order valence-corrected chi connectivity index (χ1v) is 7.48. The molecular formula is C17H16ClNO3. The lowest BCUT2D eigenvalue weighted by atomic mass is 10.1. The van der Waals surface area contributed by atoms with Crippen molar-refractivity contribution in [3.63, 3.8) is 0 Å². The molecule has 4 nitrogen and oxygen atoms in total. The lowest BCUT2D eigenvalue weighted by molar-refractivity contribution is -0.121. The van der Waals surface area contributed by atoms with Crippen LogP contribution < -0.4 is 14.8 Å². The Hall–Kier alpha value is -2.20. The van der Waals surface area contributed by atoms with Crippen molar-refractivity contribution in [1.29, 1.82) is 0 Å². The summed E-state index contributed by atoms with van der Waals surface area (Å²) in [6.07, 6.45) is 1.10. The number of rotatable bonds is 5. The van der Waals surface area contributed by atoms with Gasteiger partial charge in [-0.2, -0.15) is 0 Å². The first-order valence-electron chi connectivity index (χ1n) is 7.10. The first kappa shape index (κ1) is 14.7. The highest BCUT2D eigenvalue weighted by molar-refractivity contribution is 6.30. The molecule has 114 valence electrons. The third kappa shape index (κ3) is 3.71. The van der Waals surface area contributed by atoms with Gasteiger partial charge in [0.25, 0.3) is 0 Å². The van der Waals surface area contributed by atoms with E-state index in [1.54, 1.807) is 0 Å². The molecule has 0 atom stereocenters. The molecule has 0 unspecified atom stereocenters. The molecule has 0 bridgehead atoms. The molecular weight excluding hydrogens is 302 g/mol. The molecule has 1 N–H and O–H groups in total. The average Bonchev–Trinajstić information content (AvgIpc) is 2.98. The van der Waals surface area contributed by atoms with E-state index in [0.717, 1.165) is 22.6 Å². The minimum absolute atomic E-state index is 0.0117.